The lowest BCUT2D eigenvalue weighted by atomic mass is 10.1. The second-order valence-electron chi connectivity index (χ2n) is 4.19. The number of hydrogen-bond donors (Lipinski definition) is 1. The molecular weight excluding hydrogens is 221 g/mol. The van der Waals surface area contributed by atoms with Crippen molar-refractivity contribution in [1.29, 1.82) is 0 Å². The highest BCUT2D eigenvalue weighted by Gasteiger charge is 2.13. The Bertz CT molecular complexity index is 337. The molecule has 0 aliphatic rings. The van der Waals surface area contributed by atoms with Crippen molar-refractivity contribution < 1.29 is 14.2 Å². The van der Waals surface area contributed by atoms with Crippen molar-refractivity contribution in [2.75, 3.05) is 20.3 Å². The van der Waals surface area contributed by atoms with E-state index in [-0.39, 0.29) is 11.8 Å². The van der Waals surface area contributed by atoms with E-state index in [4.69, 9.17) is 4.74 Å². The molecule has 1 atom stereocenters. The summed E-state index contributed by atoms with van der Waals surface area (Å²) in [4.78, 5) is 2.16. The van der Waals surface area contributed by atoms with Gasteiger partial charge in [0.2, 0.25) is 0 Å². The lowest BCUT2D eigenvalue weighted by Crippen LogP contribution is -2.35. The third-order valence-corrected chi connectivity index (χ3v) is 2.77. The summed E-state index contributed by atoms with van der Waals surface area (Å²) in [6.45, 7) is 6.20. The Morgan fingerprint density at radius 1 is 1.41 bits per heavy atom. The van der Waals surface area contributed by atoms with E-state index >= 15 is 0 Å². The van der Waals surface area contributed by atoms with Crippen LogP contribution in [0.5, 0.6) is 5.75 Å². The summed E-state index contributed by atoms with van der Waals surface area (Å²) in [5, 5.41) is 9.34. The number of halogens is 1. The summed E-state index contributed by atoms with van der Waals surface area (Å²) in [6.07, 6.45) is 0. The molecule has 3 nitrogen and oxygen atoms in total. The molecule has 0 aliphatic carbocycles. The van der Waals surface area contributed by atoms with Crippen molar-refractivity contribution in [1.82, 2.24) is 4.90 Å². The van der Waals surface area contributed by atoms with Gasteiger partial charge in [0, 0.05) is 25.8 Å². The maximum atomic E-state index is 13.1. The van der Waals surface area contributed by atoms with Crippen LogP contribution in [0.3, 0.4) is 0 Å². The molecule has 1 rings (SSSR count). The third-order valence-electron chi connectivity index (χ3n) is 2.77. The molecule has 0 saturated heterocycles. The quantitative estimate of drug-likeness (QED) is 0.830. The molecule has 1 N–H and O–H groups in total. The van der Waals surface area contributed by atoms with Crippen molar-refractivity contribution in [3.05, 3.63) is 29.6 Å². The Morgan fingerprint density at radius 3 is 2.65 bits per heavy atom. The first-order valence-electron chi connectivity index (χ1n) is 5.78. The van der Waals surface area contributed by atoms with Gasteiger partial charge in [-0.05, 0) is 31.2 Å². The average Bonchev–Trinajstić information content (AvgIpc) is 2.24. The molecular formula is C13H20FNO2. The Labute approximate surface area is 102 Å². The van der Waals surface area contributed by atoms with E-state index in [0.29, 0.717) is 13.2 Å². The third kappa shape index (κ3) is 4.32. The van der Waals surface area contributed by atoms with Gasteiger partial charge in [-0.3, -0.25) is 4.90 Å². The minimum absolute atomic E-state index is 0.0320. The molecule has 0 saturated carbocycles. The van der Waals surface area contributed by atoms with Gasteiger partial charge in [0.1, 0.15) is 11.6 Å². The molecule has 4 heteroatoms. The van der Waals surface area contributed by atoms with Gasteiger partial charge in [0.25, 0.3) is 0 Å². The van der Waals surface area contributed by atoms with Crippen molar-refractivity contribution in [2.45, 2.75) is 26.4 Å². The molecule has 0 fully saturated rings. The molecule has 0 radical (unpaired) electrons. The number of aromatic hydroxyl groups is 1. The number of ether oxygens (including phenoxy) is 1. The number of rotatable bonds is 6. The molecule has 0 aromatic heterocycles. The standard InChI is InChI=1S/C13H20FNO2/c1-4-15(10(2)9-17-3)8-11-5-12(14)7-13(16)6-11/h5-7,10,16H,4,8-9H2,1-3H3. The van der Waals surface area contributed by atoms with Crippen LogP contribution >= 0.6 is 0 Å². The zero-order chi connectivity index (χ0) is 12.8. The number of methoxy groups -OCH3 is 1. The monoisotopic (exact) mass is 241 g/mol. The number of phenols is 1. The van der Waals surface area contributed by atoms with E-state index in [1.165, 1.54) is 6.07 Å². The molecule has 0 bridgehead atoms. The minimum Gasteiger partial charge on any atom is -0.508 e. The van der Waals surface area contributed by atoms with E-state index in [0.717, 1.165) is 18.2 Å². The molecule has 0 spiro atoms. The molecule has 0 aliphatic heterocycles. The predicted octanol–water partition coefficient (Wildman–Crippen LogP) is 2.39. The van der Waals surface area contributed by atoms with E-state index < -0.39 is 5.82 Å². The van der Waals surface area contributed by atoms with E-state index in [1.54, 1.807) is 13.2 Å². The highest BCUT2D eigenvalue weighted by atomic mass is 19.1. The number of benzene rings is 1. The fourth-order valence-corrected chi connectivity index (χ4v) is 1.89. The van der Waals surface area contributed by atoms with Crippen LogP contribution in [0.15, 0.2) is 18.2 Å². The van der Waals surface area contributed by atoms with E-state index in [2.05, 4.69) is 11.8 Å². The van der Waals surface area contributed by atoms with Crippen LogP contribution in [0.1, 0.15) is 19.4 Å². The fraction of sp³-hybridized carbons (Fsp3) is 0.538. The lowest BCUT2D eigenvalue weighted by Gasteiger charge is -2.27. The van der Waals surface area contributed by atoms with Crippen LogP contribution in [-0.2, 0) is 11.3 Å². The molecule has 17 heavy (non-hydrogen) atoms. The SMILES string of the molecule is CCN(Cc1cc(O)cc(F)c1)C(C)COC. The van der Waals surface area contributed by atoms with Gasteiger partial charge in [0.05, 0.1) is 6.61 Å². The summed E-state index contributed by atoms with van der Waals surface area (Å²) in [5.41, 5.74) is 0.771. The van der Waals surface area contributed by atoms with Gasteiger partial charge in [-0.15, -0.1) is 0 Å². The zero-order valence-electron chi connectivity index (χ0n) is 10.6. The van der Waals surface area contributed by atoms with Crippen LogP contribution in [-0.4, -0.2) is 36.3 Å². The molecule has 1 aromatic rings. The van der Waals surface area contributed by atoms with E-state index in [1.807, 2.05) is 6.92 Å². The molecule has 1 unspecified atom stereocenters. The summed E-state index contributed by atoms with van der Waals surface area (Å²) >= 11 is 0. The summed E-state index contributed by atoms with van der Waals surface area (Å²) in [6, 6.07) is 4.40. The first-order chi connectivity index (χ1) is 8.06. The van der Waals surface area contributed by atoms with Gasteiger partial charge < -0.3 is 9.84 Å². The van der Waals surface area contributed by atoms with Crippen LogP contribution in [0.2, 0.25) is 0 Å². The summed E-state index contributed by atoms with van der Waals surface area (Å²) in [5.74, 6) is -0.439. The van der Waals surface area contributed by atoms with Crippen molar-refractivity contribution in [3.8, 4) is 5.75 Å². The first kappa shape index (κ1) is 13.9. The highest BCUT2D eigenvalue weighted by Crippen LogP contribution is 2.17. The molecule has 0 amide bonds. The van der Waals surface area contributed by atoms with Gasteiger partial charge in [0.15, 0.2) is 0 Å². The molecule has 0 heterocycles. The van der Waals surface area contributed by atoms with Crippen LogP contribution in [0.25, 0.3) is 0 Å². The van der Waals surface area contributed by atoms with Crippen molar-refractivity contribution in [2.24, 2.45) is 0 Å². The van der Waals surface area contributed by atoms with Crippen LogP contribution in [0, 0.1) is 5.82 Å². The van der Waals surface area contributed by atoms with E-state index in [9.17, 15) is 9.50 Å². The topological polar surface area (TPSA) is 32.7 Å². The van der Waals surface area contributed by atoms with Crippen molar-refractivity contribution in [3.63, 3.8) is 0 Å². The molecule has 1 aromatic carbocycles. The second kappa shape index (κ2) is 6.57. The zero-order valence-corrected chi connectivity index (χ0v) is 10.6. The maximum Gasteiger partial charge on any atom is 0.127 e. The number of nitrogens with zero attached hydrogens (tertiary/aromatic N) is 1. The van der Waals surface area contributed by atoms with Gasteiger partial charge in [-0.25, -0.2) is 4.39 Å². The second-order valence-corrected chi connectivity index (χ2v) is 4.19. The smallest absolute Gasteiger partial charge is 0.127 e. The largest absolute Gasteiger partial charge is 0.508 e. The molecule has 96 valence electrons. The minimum atomic E-state index is -0.407. The Balaban J connectivity index is 2.73. The first-order valence-corrected chi connectivity index (χ1v) is 5.78. The number of likely N-dealkylation sites (N-methyl/N-ethyl adjacent to an activating group) is 1. The fourth-order valence-electron chi connectivity index (χ4n) is 1.89. The Hall–Kier alpha value is -1.13. The number of hydrogen-bond acceptors (Lipinski definition) is 3. The average molecular weight is 241 g/mol. The highest BCUT2D eigenvalue weighted by molar-refractivity contribution is 5.28. The van der Waals surface area contributed by atoms with Crippen LogP contribution < -0.4 is 0 Å². The number of phenolic OH excluding ortho intramolecular Hbond substituents is 1. The summed E-state index contributed by atoms with van der Waals surface area (Å²) in [7, 11) is 1.67. The Morgan fingerprint density at radius 2 is 2.12 bits per heavy atom. The maximum absolute atomic E-state index is 13.1. The van der Waals surface area contributed by atoms with Gasteiger partial charge in [-0.1, -0.05) is 6.92 Å². The van der Waals surface area contributed by atoms with Gasteiger partial charge in [-0.2, -0.15) is 0 Å². The predicted molar refractivity (Wildman–Crippen MR) is 65.5 cm³/mol. The van der Waals surface area contributed by atoms with Crippen molar-refractivity contribution >= 4 is 0 Å². The van der Waals surface area contributed by atoms with Gasteiger partial charge >= 0.3 is 0 Å². The summed E-state index contributed by atoms with van der Waals surface area (Å²) < 4.78 is 18.2. The Kier molecular flexibility index (Phi) is 5.38. The normalized spacial score (nSPS) is 13.0. The van der Waals surface area contributed by atoms with Crippen LogP contribution in [0.4, 0.5) is 4.39 Å². The lowest BCUT2D eigenvalue weighted by molar-refractivity contribution is 0.0981.